The van der Waals surface area contributed by atoms with E-state index in [4.69, 9.17) is 11.6 Å². The first-order chi connectivity index (χ1) is 10.8. The van der Waals surface area contributed by atoms with Crippen LogP contribution in [0.15, 0.2) is 36.4 Å². The highest BCUT2D eigenvalue weighted by Gasteiger charge is 2.18. The standard InChI is InChI=1S/C15H10ClNO6/c1-23-15(20)11-4-2-8(6-13(11)16)12-7-9(17(21)22)3-5-10(12)14(18)19/h2-7H,1H3,(H,18,19). The normalized spacial score (nSPS) is 10.2. The summed E-state index contributed by atoms with van der Waals surface area (Å²) in [4.78, 5) is 33.1. The molecule has 0 spiro atoms. The number of esters is 1. The lowest BCUT2D eigenvalue weighted by atomic mass is 9.98. The Labute approximate surface area is 135 Å². The van der Waals surface area contributed by atoms with Gasteiger partial charge in [0.15, 0.2) is 0 Å². The maximum Gasteiger partial charge on any atom is 0.339 e. The van der Waals surface area contributed by atoms with Gasteiger partial charge in [-0.25, -0.2) is 9.59 Å². The minimum absolute atomic E-state index is 0.0530. The SMILES string of the molecule is COC(=O)c1ccc(-c2cc([N+](=O)[O-])ccc2C(=O)O)cc1Cl. The molecule has 0 aliphatic heterocycles. The minimum Gasteiger partial charge on any atom is -0.478 e. The summed E-state index contributed by atoms with van der Waals surface area (Å²) in [5, 5.41) is 20.2. The van der Waals surface area contributed by atoms with Gasteiger partial charge >= 0.3 is 11.9 Å². The van der Waals surface area contributed by atoms with Crippen LogP contribution in [0.4, 0.5) is 5.69 Å². The third-order valence-electron chi connectivity index (χ3n) is 3.13. The van der Waals surface area contributed by atoms with E-state index in [2.05, 4.69) is 4.74 Å². The van der Waals surface area contributed by atoms with E-state index in [0.717, 1.165) is 18.2 Å². The van der Waals surface area contributed by atoms with Crippen LogP contribution in [0.1, 0.15) is 20.7 Å². The van der Waals surface area contributed by atoms with Crippen molar-refractivity contribution in [3.8, 4) is 11.1 Å². The number of halogens is 1. The van der Waals surface area contributed by atoms with Crippen LogP contribution in [0.3, 0.4) is 0 Å². The van der Waals surface area contributed by atoms with Gasteiger partial charge in [0.2, 0.25) is 0 Å². The fraction of sp³-hybridized carbons (Fsp3) is 0.0667. The number of nitro benzene ring substituents is 1. The summed E-state index contributed by atoms with van der Waals surface area (Å²) < 4.78 is 4.57. The van der Waals surface area contributed by atoms with Gasteiger partial charge in [0.25, 0.3) is 5.69 Å². The van der Waals surface area contributed by atoms with Gasteiger partial charge in [0.1, 0.15) is 0 Å². The topological polar surface area (TPSA) is 107 Å². The molecule has 2 rings (SSSR count). The summed E-state index contributed by atoms with van der Waals surface area (Å²) >= 11 is 6.01. The summed E-state index contributed by atoms with van der Waals surface area (Å²) in [7, 11) is 1.20. The molecule has 0 saturated carbocycles. The second-order valence-electron chi connectivity index (χ2n) is 4.48. The summed E-state index contributed by atoms with van der Waals surface area (Å²) in [6.45, 7) is 0. The Balaban J connectivity index is 2.63. The molecule has 23 heavy (non-hydrogen) atoms. The molecular formula is C15H10ClNO6. The molecule has 7 nitrogen and oxygen atoms in total. The van der Waals surface area contributed by atoms with Crippen molar-refractivity contribution in [2.45, 2.75) is 0 Å². The number of methoxy groups -OCH3 is 1. The number of aromatic carboxylic acids is 1. The van der Waals surface area contributed by atoms with Crippen LogP contribution in [-0.4, -0.2) is 29.1 Å². The summed E-state index contributed by atoms with van der Waals surface area (Å²) in [5.74, 6) is -1.87. The first kappa shape index (κ1) is 16.4. The highest BCUT2D eigenvalue weighted by Crippen LogP contribution is 2.31. The van der Waals surface area contributed by atoms with Crippen LogP contribution in [0.25, 0.3) is 11.1 Å². The summed E-state index contributed by atoms with van der Waals surface area (Å²) in [5.41, 5.74) is 0.213. The first-order valence-corrected chi connectivity index (χ1v) is 6.63. The number of carbonyl (C=O) groups excluding carboxylic acids is 1. The van der Waals surface area contributed by atoms with E-state index in [1.54, 1.807) is 0 Å². The number of ether oxygens (including phenoxy) is 1. The summed E-state index contributed by atoms with van der Waals surface area (Å²) in [6.07, 6.45) is 0. The molecule has 2 aromatic carbocycles. The lowest BCUT2D eigenvalue weighted by molar-refractivity contribution is -0.384. The molecule has 2 aromatic rings. The van der Waals surface area contributed by atoms with Crippen LogP contribution >= 0.6 is 11.6 Å². The van der Waals surface area contributed by atoms with E-state index < -0.39 is 16.9 Å². The highest BCUT2D eigenvalue weighted by atomic mass is 35.5. The number of rotatable bonds is 4. The van der Waals surface area contributed by atoms with Gasteiger partial charge in [-0.2, -0.15) is 0 Å². The number of hydrogen-bond acceptors (Lipinski definition) is 5. The second-order valence-corrected chi connectivity index (χ2v) is 4.89. The molecule has 0 aromatic heterocycles. The molecule has 0 aliphatic rings. The first-order valence-electron chi connectivity index (χ1n) is 6.25. The Bertz CT molecular complexity index is 818. The van der Waals surface area contributed by atoms with Crippen molar-refractivity contribution in [2.24, 2.45) is 0 Å². The number of nitrogens with zero attached hydrogens (tertiary/aromatic N) is 1. The molecule has 0 bridgehead atoms. The van der Waals surface area contributed by atoms with Crippen LogP contribution in [0.2, 0.25) is 5.02 Å². The highest BCUT2D eigenvalue weighted by molar-refractivity contribution is 6.33. The molecule has 0 fully saturated rings. The Hall–Kier alpha value is -2.93. The molecule has 0 heterocycles. The van der Waals surface area contributed by atoms with E-state index in [9.17, 15) is 24.8 Å². The summed E-state index contributed by atoms with van der Waals surface area (Å²) in [6, 6.07) is 7.58. The fourth-order valence-corrected chi connectivity index (χ4v) is 2.29. The Morgan fingerprint density at radius 3 is 2.35 bits per heavy atom. The average molecular weight is 336 g/mol. The number of carbonyl (C=O) groups is 2. The largest absolute Gasteiger partial charge is 0.478 e. The van der Waals surface area contributed by atoms with Crippen molar-refractivity contribution < 1.29 is 24.4 Å². The predicted octanol–water partition coefficient (Wildman–Crippen LogP) is 3.40. The number of carboxylic acid groups (broad SMARTS) is 1. The lowest BCUT2D eigenvalue weighted by Gasteiger charge is -2.09. The van der Waals surface area contributed by atoms with Crippen molar-refractivity contribution in [3.05, 3.63) is 62.7 Å². The van der Waals surface area contributed by atoms with E-state index >= 15 is 0 Å². The number of non-ortho nitro benzene ring substituents is 1. The zero-order valence-electron chi connectivity index (χ0n) is 11.8. The predicted molar refractivity (Wildman–Crippen MR) is 81.8 cm³/mol. The third-order valence-corrected chi connectivity index (χ3v) is 3.44. The van der Waals surface area contributed by atoms with Gasteiger partial charge in [0, 0.05) is 17.7 Å². The van der Waals surface area contributed by atoms with Gasteiger partial charge in [-0.15, -0.1) is 0 Å². The van der Waals surface area contributed by atoms with Gasteiger partial charge in [0.05, 0.1) is 28.2 Å². The molecule has 0 aliphatic carbocycles. The maximum absolute atomic E-state index is 11.5. The van der Waals surface area contributed by atoms with Crippen LogP contribution in [0, 0.1) is 10.1 Å². The number of hydrogen-bond donors (Lipinski definition) is 1. The molecular weight excluding hydrogens is 326 g/mol. The van der Waals surface area contributed by atoms with E-state index in [0.29, 0.717) is 5.56 Å². The monoisotopic (exact) mass is 335 g/mol. The third kappa shape index (κ3) is 3.29. The molecule has 118 valence electrons. The Morgan fingerprint density at radius 1 is 1.17 bits per heavy atom. The number of nitro groups is 1. The quantitative estimate of drug-likeness (QED) is 0.521. The van der Waals surface area contributed by atoms with Crippen molar-refractivity contribution >= 4 is 29.2 Å². The van der Waals surface area contributed by atoms with Crippen LogP contribution in [0.5, 0.6) is 0 Å². The average Bonchev–Trinajstić information content (AvgIpc) is 2.53. The minimum atomic E-state index is -1.23. The molecule has 0 unspecified atom stereocenters. The molecule has 8 heteroatoms. The Kier molecular flexibility index (Phi) is 4.61. The van der Waals surface area contributed by atoms with Gasteiger partial charge in [-0.05, 0) is 23.8 Å². The molecule has 0 radical (unpaired) electrons. The lowest BCUT2D eigenvalue weighted by Crippen LogP contribution is -2.03. The maximum atomic E-state index is 11.5. The second kappa shape index (κ2) is 6.45. The van der Waals surface area contributed by atoms with Gasteiger partial charge in [-0.3, -0.25) is 10.1 Å². The van der Waals surface area contributed by atoms with E-state index in [1.165, 1.54) is 25.3 Å². The van der Waals surface area contributed by atoms with Crippen molar-refractivity contribution in [1.82, 2.24) is 0 Å². The van der Waals surface area contributed by atoms with Crippen molar-refractivity contribution in [1.29, 1.82) is 0 Å². The Morgan fingerprint density at radius 2 is 1.83 bits per heavy atom. The van der Waals surface area contributed by atoms with Gasteiger partial charge in [-0.1, -0.05) is 17.7 Å². The molecule has 1 N–H and O–H groups in total. The van der Waals surface area contributed by atoms with Gasteiger partial charge < -0.3 is 9.84 Å². The van der Waals surface area contributed by atoms with Crippen molar-refractivity contribution in [3.63, 3.8) is 0 Å². The van der Waals surface area contributed by atoms with Crippen LogP contribution in [-0.2, 0) is 4.74 Å². The molecule has 0 amide bonds. The number of carboxylic acids is 1. The molecule has 0 saturated heterocycles. The fourth-order valence-electron chi connectivity index (χ4n) is 2.03. The molecule has 0 atom stereocenters. The van der Waals surface area contributed by atoms with Crippen molar-refractivity contribution in [2.75, 3.05) is 7.11 Å². The zero-order valence-corrected chi connectivity index (χ0v) is 12.5. The van der Waals surface area contributed by atoms with E-state index in [1.807, 2.05) is 0 Å². The number of benzene rings is 2. The van der Waals surface area contributed by atoms with Crippen LogP contribution < -0.4 is 0 Å². The smallest absolute Gasteiger partial charge is 0.339 e. The zero-order chi connectivity index (χ0) is 17.1. The van der Waals surface area contributed by atoms with E-state index in [-0.39, 0.29) is 27.4 Å².